The van der Waals surface area contributed by atoms with Crippen molar-refractivity contribution in [3.8, 4) is 0 Å². The molecule has 15 heavy (non-hydrogen) atoms. The van der Waals surface area contributed by atoms with E-state index in [4.69, 9.17) is 34.7 Å². The normalized spacial score (nSPS) is 18.0. The van der Waals surface area contributed by atoms with Gasteiger partial charge in [0.05, 0.1) is 15.7 Å². The second-order valence-electron chi connectivity index (χ2n) is 3.02. The molecule has 1 aromatic rings. The summed E-state index contributed by atoms with van der Waals surface area (Å²) in [5, 5.41) is -0.224. The highest BCUT2D eigenvalue weighted by molar-refractivity contribution is 7.96. The molecule has 2 rings (SSSR count). The van der Waals surface area contributed by atoms with E-state index in [0.29, 0.717) is 5.56 Å². The average Bonchev–Trinajstić information content (AvgIpc) is 2.34. The molecule has 4 nitrogen and oxygen atoms in total. The SMILES string of the molecule is NC1=C(Cl)c2ccc(Cl)c(N)c2S1(=O)=O. The van der Waals surface area contributed by atoms with E-state index in [1.807, 2.05) is 0 Å². The van der Waals surface area contributed by atoms with Crippen LogP contribution in [0.5, 0.6) is 0 Å². The Bertz CT molecular complexity index is 593. The number of fused-ring (bicyclic) bond motifs is 1. The van der Waals surface area contributed by atoms with Crippen molar-refractivity contribution in [1.29, 1.82) is 0 Å². The minimum Gasteiger partial charge on any atom is -0.396 e. The smallest absolute Gasteiger partial charge is 0.225 e. The van der Waals surface area contributed by atoms with Crippen molar-refractivity contribution in [2.45, 2.75) is 4.90 Å². The Morgan fingerprint density at radius 2 is 1.73 bits per heavy atom. The van der Waals surface area contributed by atoms with Gasteiger partial charge in [0.15, 0.2) is 0 Å². The summed E-state index contributed by atoms with van der Waals surface area (Å²) in [5.74, 6) is 0. The maximum Gasteiger partial charge on any atom is 0.225 e. The van der Waals surface area contributed by atoms with Gasteiger partial charge in [-0.05, 0) is 6.07 Å². The Kier molecular flexibility index (Phi) is 2.15. The van der Waals surface area contributed by atoms with Crippen LogP contribution in [0.4, 0.5) is 5.69 Å². The van der Waals surface area contributed by atoms with Gasteiger partial charge in [-0.1, -0.05) is 29.3 Å². The average molecular weight is 265 g/mol. The molecule has 1 aliphatic heterocycles. The molecule has 1 heterocycles. The van der Waals surface area contributed by atoms with Gasteiger partial charge in [0, 0.05) is 5.56 Å². The van der Waals surface area contributed by atoms with E-state index in [0.717, 1.165) is 0 Å². The van der Waals surface area contributed by atoms with Crippen LogP contribution in [-0.4, -0.2) is 8.42 Å². The Hall–Kier alpha value is -0.910. The van der Waals surface area contributed by atoms with Crippen LogP contribution in [0.3, 0.4) is 0 Å². The highest BCUT2D eigenvalue weighted by Crippen LogP contribution is 2.44. The lowest BCUT2D eigenvalue weighted by atomic mass is 10.2. The number of hydrogen-bond acceptors (Lipinski definition) is 4. The Labute approximate surface area is 96.4 Å². The maximum absolute atomic E-state index is 11.8. The summed E-state index contributed by atoms with van der Waals surface area (Å²) in [7, 11) is -3.77. The molecule has 80 valence electrons. The molecule has 0 radical (unpaired) electrons. The van der Waals surface area contributed by atoms with Crippen molar-refractivity contribution in [3.05, 3.63) is 27.7 Å². The second kappa shape index (κ2) is 3.04. The quantitative estimate of drug-likeness (QED) is 0.696. The number of sulfone groups is 1. The fraction of sp³-hybridized carbons (Fsp3) is 0. The summed E-state index contributed by atoms with van der Waals surface area (Å²) in [4.78, 5) is -0.0995. The third-order valence-electron chi connectivity index (χ3n) is 2.15. The van der Waals surface area contributed by atoms with E-state index in [9.17, 15) is 8.42 Å². The minimum atomic E-state index is -3.77. The van der Waals surface area contributed by atoms with E-state index in [-0.39, 0.29) is 25.7 Å². The number of rotatable bonds is 0. The number of anilines is 1. The largest absolute Gasteiger partial charge is 0.396 e. The number of nitrogen functional groups attached to an aromatic ring is 1. The topological polar surface area (TPSA) is 86.2 Å². The van der Waals surface area contributed by atoms with Gasteiger partial charge in [0.1, 0.15) is 9.92 Å². The first-order valence-corrected chi connectivity index (χ1v) is 6.10. The summed E-state index contributed by atoms with van der Waals surface area (Å²) in [6.45, 7) is 0. The first-order valence-electron chi connectivity index (χ1n) is 3.86. The molecule has 0 fully saturated rings. The highest BCUT2D eigenvalue weighted by atomic mass is 35.5. The van der Waals surface area contributed by atoms with E-state index in [1.165, 1.54) is 12.1 Å². The molecule has 0 unspecified atom stereocenters. The molecule has 0 saturated carbocycles. The summed E-state index contributed by atoms with van der Waals surface area (Å²) >= 11 is 11.5. The highest BCUT2D eigenvalue weighted by Gasteiger charge is 2.35. The Morgan fingerprint density at radius 1 is 1.13 bits per heavy atom. The first-order chi connectivity index (χ1) is 6.87. The van der Waals surface area contributed by atoms with Crippen LogP contribution in [0.15, 0.2) is 22.1 Å². The van der Waals surface area contributed by atoms with Crippen LogP contribution in [0.25, 0.3) is 5.03 Å². The second-order valence-corrected chi connectivity index (χ2v) is 5.66. The number of hydrogen-bond donors (Lipinski definition) is 2. The third-order valence-corrected chi connectivity index (χ3v) is 4.76. The van der Waals surface area contributed by atoms with E-state index < -0.39 is 9.84 Å². The van der Waals surface area contributed by atoms with Gasteiger partial charge in [0.2, 0.25) is 9.84 Å². The van der Waals surface area contributed by atoms with Crippen LogP contribution in [-0.2, 0) is 9.84 Å². The standard InChI is InChI=1S/C8H6Cl2N2O2S/c9-4-2-1-3-5(10)8(12)15(13,14)7(3)6(4)11/h1-2H,11-12H2. The molecule has 0 amide bonds. The zero-order valence-electron chi connectivity index (χ0n) is 7.29. The summed E-state index contributed by atoms with van der Waals surface area (Å²) < 4.78 is 23.5. The van der Waals surface area contributed by atoms with Crippen molar-refractivity contribution in [2.24, 2.45) is 5.73 Å². The minimum absolute atomic E-state index is 0.00614. The molecule has 0 atom stereocenters. The molecule has 4 N–H and O–H groups in total. The summed E-state index contributed by atoms with van der Waals surface area (Å²) in [6.07, 6.45) is 0. The lowest BCUT2D eigenvalue weighted by molar-refractivity contribution is 0.603. The molecule has 0 saturated heterocycles. The van der Waals surface area contributed by atoms with Crippen molar-refractivity contribution in [1.82, 2.24) is 0 Å². The molecule has 1 aromatic carbocycles. The molecule has 0 aromatic heterocycles. The van der Waals surface area contributed by atoms with Gasteiger partial charge in [-0.25, -0.2) is 8.42 Å². The predicted octanol–water partition coefficient (Wildman–Crippen LogP) is 1.53. The number of halogens is 2. The fourth-order valence-electron chi connectivity index (χ4n) is 1.40. The molecule has 0 spiro atoms. The summed E-state index contributed by atoms with van der Waals surface area (Å²) in [6, 6.07) is 2.96. The van der Waals surface area contributed by atoms with Crippen molar-refractivity contribution in [2.75, 3.05) is 5.73 Å². The van der Waals surface area contributed by atoms with Gasteiger partial charge < -0.3 is 11.5 Å². The maximum atomic E-state index is 11.8. The molecule has 0 aliphatic carbocycles. The van der Waals surface area contributed by atoms with Gasteiger partial charge >= 0.3 is 0 Å². The lowest BCUT2D eigenvalue weighted by Crippen LogP contribution is -2.10. The van der Waals surface area contributed by atoms with Gasteiger partial charge in [0.25, 0.3) is 0 Å². The molecular formula is C8H6Cl2N2O2S. The van der Waals surface area contributed by atoms with Crippen LogP contribution in [0.1, 0.15) is 5.56 Å². The van der Waals surface area contributed by atoms with Crippen LogP contribution in [0, 0.1) is 0 Å². The van der Waals surface area contributed by atoms with E-state index in [1.54, 1.807) is 0 Å². The monoisotopic (exact) mass is 264 g/mol. The van der Waals surface area contributed by atoms with Crippen molar-refractivity contribution in [3.63, 3.8) is 0 Å². The van der Waals surface area contributed by atoms with Crippen LogP contribution in [0.2, 0.25) is 5.02 Å². The molecular weight excluding hydrogens is 259 g/mol. The third kappa shape index (κ3) is 1.24. The van der Waals surface area contributed by atoms with Gasteiger partial charge in [-0.3, -0.25) is 0 Å². The first kappa shape index (κ1) is 10.6. The predicted molar refractivity (Wildman–Crippen MR) is 60.0 cm³/mol. The van der Waals surface area contributed by atoms with Gasteiger partial charge in [-0.2, -0.15) is 0 Å². The summed E-state index contributed by atoms with van der Waals surface area (Å²) in [5.41, 5.74) is 11.2. The van der Waals surface area contributed by atoms with Crippen molar-refractivity contribution >= 4 is 43.8 Å². The zero-order valence-corrected chi connectivity index (χ0v) is 9.62. The van der Waals surface area contributed by atoms with E-state index >= 15 is 0 Å². The fourth-order valence-corrected chi connectivity index (χ4v) is 3.56. The number of nitrogens with two attached hydrogens (primary N) is 2. The molecule has 7 heteroatoms. The van der Waals surface area contributed by atoms with Crippen LogP contribution >= 0.6 is 23.2 Å². The lowest BCUT2D eigenvalue weighted by Gasteiger charge is -2.05. The van der Waals surface area contributed by atoms with Crippen LogP contribution < -0.4 is 11.5 Å². The molecule has 1 aliphatic rings. The Balaban J connectivity index is 2.95. The Morgan fingerprint density at radius 3 is 2.33 bits per heavy atom. The van der Waals surface area contributed by atoms with E-state index in [2.05, 4.69) is 0 Å². The van der Waals surface area contributed by atoms with Crippen molar-refractivity contribution < 1.29 is 8.42 Å². The number of benzene rings is 1. The molecule has 0 bridgehead atoms. The zero-order chi connectivity index (χ0) is 11.4. The van der Waals surface area contributed by atoms with Gasteiger partial charge in [-0.15, -0.1) is 0 Å².